The molecule has 1 atom stereocenters. The van der Waals surface area contributed by atoms with Crippen LogP contribution in [-0.4, -0.2) is 48.5 Å². The first-order valence-electron chi connectivity index (χ1n) is 14.9. The molecule has 7 nitrogen and oxygen atoms in total. The smallest absolute Gasteiger partial charge is 0.247 e. The van der Waals surface area contributed by atoms with Crippen LogP contribution in [0.2, 0.25) is 0 Å². The summed E-state index contributed by atoms with van der Waals surface area (Å²) in [6.45, 7) is 2.45. The Morgan fingerprint density at radius 2 is 1.74 bits per heavy atom. The number of carbonyl (C=O) groups excluding carboxylic acids is 2. The Hall–Kier alpha value is -4.26. The van der Waals surface area contributed by atoms with Gasteiger partial charge in [-0.3, -0.25) is 9.59 Å². The van der Waals surface area contributed by atoms with E-state index in [4.69, 9.17) is 9.47 Å². The molecule has 2 N–H and O–H groups in total. The summed E-state index contributed by atoms with van der Waals surface area (Å²) in [7, 11) is 3.17. The molecule has 1 fully saturated rings. The standard InChI is InChI=1S/C35H41N3O4/c1-24-10-9-11-25(20-24)18-19-38(33(39)22-27-23-36-30-15-8-7-14-29(27)30)34(35(40)37-28-12-5-4-6-13-28)26-16-17-31(41-2)32(21-26)42-3/h7-11,14-17,20-21,23,28,34,36H,4-6,12-13,18-19,22H2,1-3H3,(H,37,40)/t34-/m0/s1. The van der Waals surface area contributed by atoms with Crippen LogP contribution in [0.5, 0.6) is 11.5 Å². The van der Waals surface area contributed by atoms with E-state index >= 15 is 0 Å². The lowest BCUT2D eigenvalue weighted by Crippen LogP contribution is -2.48. The Kier molecular flexibility index (Phi) is 9.47. The van der Waals surface area contributed by atoms with Crippen LogP contribution < -0.4 is 14.8 Å². The minimum atomic E-state index is -0.825. The number of aromatic nitrogens is 1. The van der Waals surface area contributed by atoms with E-state index in [0.717, 1.165) is 53.3 Å². The van der Waals surface area contributed by atoms with Crippen molar-refractivity contribution in [1.82, 2.24) is 15.2 Å². The lowest BCUT2D eigenvalue weighted by molar-refractivity contribution is -0.140. The molecular weight excluding hydrogens is 526 g/mol. The summed E-state index contributed by atoms with van der Waals surface area (Å²) in [4.78, 5) is 33.6. The maximum atomic E-state index is 14.3. The lowest BCUT2D eigenvalue weighted by atomic mass is 9.94. The van der Waals surface area contributed by atoms with E-state index in [-0.39, 0.29) is 24.3 Å². The van der Waals surface area contributed by atoms with Crippen LogP contribution in [0.1, 0.15) is 60.4 Å². The van der Waals surface area contributed by atoms with Gasteiger partial charge in [-0.05, 0) is 61.1 Å². The molecule has 1 saturated carbocycles. The number of H-pyrrole nitrogens is 1. The Morgan fingerprint density at radius 1 is 0.952 bits per heavy atom. The summed E-state index contributed by atoms with van der Waals surface area (Å²) in [6, 6.07) is 21.0. The molecular formula is C35H41N3O4. The summed E-state index contributed by atoms with van der Waals surface area (Å²) >= 11 is 0. The second-order valence-corrected chi connectivity index (χ2v) is 11.2. The molecule has 3 aromatic carbocycles. The first-order chi connectivity index (χ1) is 20.5. The predicted molar refractivity (Wildman–Crippen MR) is 166 cm³/mol. The monoisotopic (exact) mass is 567 g/mol. The van der Waals surface area contributed by atoms with E-state index in [1.54, 1.807) is 25.2 Å². The second kappa shape index (κ2) is 13.6. The fourth-order valence-electron chi connectivity index (χ4n) is 6.08. The van der Waals surface area contributed by atoms with Crippen LogP contribution in [0.3, 0.4) is 0 Å². The van der Waals surface area contributed by atoms with Crippen molar-refractivity contribution < 1.29 is 19.1 Å². The van der Waals surface area contributed by atoms with Crippen molar-refractivity contribution >= 4 is 22.7 Å². The molecule has 1 heterocycles. The molecule has 1 aliphatic rings. The zero-order valence-corrected chi connectivity index (χ0v) is 24.8. The van der Waals surface area contributed by atoms with E-state index < -0.39 is 6.04 Å². The number of amides is 2. The van der Waals surface area contributed by atoms with Gasteiger partial charge in [0.1, 0.15) is 6.04 Å². The highest BCUT2D eigenvalue weighted by Crippen LogP contribution is 2.33. The first-order valence-corrected chi connectivity index (χ1v) is 14.9. The van der Waals surface area contributed by atoms with Crippen molar-refractivity contribution in [2.45, 2.75) is 64.0 Å². The number of hydrogen-bond donors (Lipinski definition) is 2. The van der Waals surface area contributed by atoms with Crippen LogP contribution in [0.15, 0.2) is 72.9 Å². The van der Waals surface area contributed by atoms with Gasteiger partial charge < -0.3 is 24.7 Å². The van der Waals surface area contributed by atoms with Crippen molar-refractivity contribution in [2.24, 2.45) is 0 Å². The maximum absolute atomic E-state index is 14.3. The number of aromatic amines is 1. The van der Waals surface area contributed by atoms with E-state index in [0.29, 0.717) is 30.0 Å². The van der Waals surface area contributed by atoms with E-state index in [2.05, 4.69) is 35.4 Å². The number of rotatable bonds is 11. The third kappa shape index (κ3) is 6.78. The molecule has 0 unspecified atom stereocenters. The van der Waals surface area contributed by atoms with Crippen molar-refractivity contribution in [3.63, 3.8) is 0 Å². The minimum Gasteiger partial charge on any atom is -0.493 e. The number of nitrogens with zero attached hydrogens (tertiary/aromatic N) is 1. The molecule has 4 aromatic rings. The highest BCUT2D eigenvalue weighted by molar-refractivity contribution is 5.92. The summed E-state index contributed by atoms with van der Waals surface area (Å²) in [6.07, 6.45) is 8.01. The minimum absolute atomic E-state index is 0.106. The summed E-state index contributed by atoms with van der Waals surface area (Å²) in [5.41, 5.74) is 4.87. The largest absolute Gasteiger partial charge is 0.493 e. The highest BCUT2D eigenvalue weighted by Gasteiger charge is 2.33. The van der Waals surface area contributed by atoms with E-state index in [1.165, 1.54) is 6.42 Å². The number of hydrogen-bond acceptors (Lipinski definition) is 4. The van der Waals surface area contributed by atoms with Crippen LogP contribution in [0, 0.1) is 6.92 Å². The molecule has 42 heavy (non-hydrogen) atoms. The van der Waals surface area contributed by atoms with Crippen molar-refractivity contribution in [2.75, 3.05) is 20.8 Å². The van der Waals surface area contributed by atoms with Crippen molar-refractivity contribution in [3.05, 3.63) is 95.2 Å². The average molecular weight is 568 g/mol. The molecule has 0 saturated heterocycles. The number of ether oxygens (including phenoxy) is 2. The number of nitrogens with one attached hydrogen (secondary N) is 2. The fourth-order valence-corrected chi connectivity index (χ4v) is 6.08. The molecule has 1 aliphatic carbocycles. The number of fused-ring (bicyclic) bond motifs is 1. The van der Waals surface area contributed by atoms with Gasteiger partial charge in [0.15, 0.2) is 11.5 Å². The summed E-state index contributed by atoms with van der Waals surface area (Å²) < 4.78 is 11.1. The number of para-hydroxylation sites is 1. The molecule has 5 rings (SSSR count). The molecule has 7 heteroatoms. The SMILES string of the molecule is COc1ccc([C@@H](C(=O)NC2CCCCC2)N(CCc2cccc(C)c2)C(=O)Cc2c[nH]c3ccccc23)cc1OC. The predicted octanol–water partition coefficient (Wildman–Crippen LogP) is 6.30. The third-order valence-corrected chi connectivity index (χ3v) is 8.30. The van der Waals surface area contributed by atoms with Crippen LogP contribution in [0.4, 0.5) is 0 Å². The van der Waals surface area contributed by atoms with Gasteiger partial charge in [0, 0.05) is 29.7 Å². The lowest BCUT2D eigenvalue weighted by Gasteiger charge is -2.34. The molecule has 2 amide bonds. The van der Waals surface area contributed by atoms with Crippen molar-refractivity contribution in [3.8, 4) is 11.5 Å². The number of methoxy groups -OCH3 is 2. The zero-order valence-electron chi connectivity index (χ0n) is 24.8. The second-order valence-electron chi connectivity index (χ2n) is 11.2. The zero-order chi connectivity index (χ0) is 29.5. The number of benzene rings is 3. The highest BCUT2D eigenvalue weighted by atomic mass is 16.5. The quantitative estimate of drug-likeness (QED) is 0.223. The van der Waals surface area contributed by atoms with Crippen LogP contribution in [-0.2, 0) is 22.4 Å². The topological polar surface area (TPSA) is 83.7 Å². The Morgan fingerprint density at radius 3 is 2.50 bits per heavy atom. The van der Waals surface area contributed by atoms with E-state index in [9.17, 15) is 9.59 Å². The number of carbonyl (C=O) groups is 2. The van der Waals surface area contributed by atoms with Gasteiger partial charge in [-0.1, -0.05) is 73.4 Å². The number of aryl methyl sites for hydroxylation is 1. The van der Waals surface area contributed by atoms with Gasteiger partial charge in [0.2, 0.25) is 11.8 Å². The Labute approximate surface area is 248 Å². The Bertz CT molecular complexity index is 1520. The van der Waals surface area contributed by atoms with Gasteiger partial charge in [0.25, 0.3) is 0 Å². The van der Waals surface area contributed by atoms with Gasteiger partial charge >= 0.3 is 0 Å². The van der Waals surface area contributed by atoms with Gasteiger partial charge in [-0.15, -0.1) is 0 Å². The van der Waals surface area contributed by atoms with Crippen LogP contribution >= 0.6 is 0 Å². The normalized spacial score (nSPS) is 14.4. The molecule has 220 valence electrons. The van der Waals surface area contributed by atoms with E-state index in [1.807, 2.05) is 48.7 Å². The fraction of sp³-hybridized carbons (Fsp3) is 0.371. The molecule has 1 aromatic heterocycles. The van der Waals surface area contributed by atoms with Crippen LogP contribution in [0.25, 0.3) is 10.9 Å². The van der Waals surface area contributed by atoms with Gasteiger partial charge in [0.05, 0.1) is 20.6 Å². The summed E-state index contributed by atoms with van der Waals surface area (Å²) in [5, 5.41) is 4.32. The molecule has 0 aliphatic heterocycles. The van der Waals surface area contributed by atoms with Crippen molar-refractivity contribution in [1.29, 1.82) is 0 Å². The molecule has 0 radical (unpaired) electrons. The Balaban J connectivity index is 1.53. The summed E-state index contributed by atoms with van der Waals surface area (Å²) in [5.74, 6) is 0.828. The third-order valence-electron chi connectivity index (χ3n) is 8.30. The maximum Gasteiger partial charge on any atom is 0.247 e. The van der Waals surface area contributed by atoms with Gasteiger partial charge in [-0.2, -0.15) is 0 Å². The van der Waals surface area contributed by atoms with Gasteiger partial charge in [-0.25, -0.2) is 0 Å². The molecule has 0 bridgehead atoms. The first kappa shape index (κ1) is 29.2. The average Bonchev–Trinajstić information content (AvgIpc) is 3.41. The molecule has 0 spiro atoms.